The molecule has 3 aliphatic rings. The molecule has 5 rings (SSSR count). The van der Waals surface area contributed by atoms with E-state index >= 15 is 0 Å². The molecule has 3 aliphatic heterocycles. The summed E-state index contributed by atoms with van der Waals surface area (Å²) in [4.78, 5) is 60.0. The summed E-state index contributed by atoms with van der Waals surface area (Å²) in [7, 11) is 6.62. The number of hydrogen-bond donors (Lipinski definition) is 6. The third kappa shape index (κ3) is 16.9. The Balaban J connectivity index is 1.30. The van der Waals surface area contributed by atoms with Crippen molar-refractivity contribution in [1.29, 1.82) is 0 Å². The predicted molar refractivity (Wildman–Crippen MR) is 307 cm³/mol. The zero-order valence-electron chi connectivity index (χ0n) is 50.7. The third-order valence-corrected chi connectivity index (χ3v) is 17.4. The lowest BCUT2D eigenvalue weighted by atomic mass is 9.73. The van der Waals surface area contributed by atoms with Gasteiger partial charge in [0.05, 0.1) is 71.7 Å². The highest BCUT2D eigenvalue weighted by Crippen LogP contribution is 2.42. The molecule has 0 radical (unpaired) electrons. The lowest BCUT2D eigenvalue weighted by Crippen LogP contribution is -2.61. The Hall–Kier alpha value is -4.02. The highest BCUT2D eigenvalue weighted by Gasteiger charge is 2.54. The second kappa shape index (κ2) is 30.4. The number of methoxy groups -OCH3 is 2. The van der Waals surface area contributed by atoms with Crippen LogP contribution in [-0.2, 0) is 58.9 Å². The molecule has 4 heterocycles. The van der Waals surface area contributed by atoms with Crippen LogP contribution in [0.1, 0.15) is 119 Å². The number of fused-ring (bicyclic) bond motifs is 1. The van der Waals surface area contributed by atoms with Crippen molar-refractivity contribution in [2.45, 2.75) is 199 Å². The minimum Gasteiger partial charge on any atom is -0.493 e. The van der Waals surface area contributed by atoms with Gasteiger partial charge in [-0.1, -0.05) is 32.9 Å². The van der Waals surface area contributed by atoms with Crippen LogP contribution in [0.3, 0.4) is 0 Å². The zero-order valence-corrected chi connectivity index (χ0v) is 51.5. The Labute approximate surface area is 486 Å². The number of hydrogen-bond acceptors (Lipinski definition) is 22. The first kappa shape index (κ1) is 68.8. The molecular weight excluding hydrogens is 1090 g/mol. The van der Waals surface area contributed by atoms with E-state index in [9.17, 15) is 44.7 Å². The number of nitrogens with one attached hydrogen (secondary N) is 1. The minimum absolute atomic E-state index is 0.0180. The second-order valence-corrected chi connectivity index (χ2v) is 24.4. The monoisotopic (exact) mass is 1180 g/mol. The Kier molecular flexibility index (Phi) is 25.5. The van der Waals surface area contributed by atoms with E-state index in [2.05, 4.69) is 10.5 Å². The number of thioether (sulfide) groups is 1. The quantitative estimate of drug-likeness (QED) is 0.0384. The maximum Gasteiger partial charge on any atom is 0.341 e. The van der Waals surface area contributed by atoms with Gasteiger partial charge in [-0.05, 0) is 100 Å². The van der Waals surface area contributed by atoms with Gasteiger partial charge in [-0.15, -0.1) is 0 Å². The summed E-state index contributed by atoms with van der Waals surface area (Å²) < 4.78 is 57.6. The van der Waals surface area contributed by atoms with E-state index in [0.717, 1.165) is 0 Å². The number of oxime groups is 1. The van der Waals surface area contributed by atoms with E-state index in [-0.39, 0.29) is 61.3 Å². The van der Waals surface area contributed by atoms with Crippen molar-refractivity contribution in [3.05, 3.63) is 40.2 Å². The first-order valence-corrected chi connectivity index (χ1v) is 29.8. The fourth-order valence-electron chi connectivity index (χ4n) is 11.8. The fourth-order valence-corrected chi connectivity index (χ4v) is 12.5. The number of carbonyl (C=O) groups is 3. The molecule has 2 aromatic rings. The number of carboxylic acids is 1. The summed E-state index contributed by atoms with van der Waals surface area (Å²) in [5.41, 5.74) is -4.95. The van der Waals surface area contributed by atoms with Crippen LogP contribution in [0.15, 0.2) is 34.3 Å². The van der Waals surface area contributed by atoms with Crippen LogP contribution in [0, 0.1) is 23.7 Å². The van der Waals surface area contributed by atoms with Gasteiger partial charge in [0, 0.05) is 81.8 Å². The van der Waals surface area contributed by atoms with Gasteiger partial charge in [-0.3, -0.25) is 14.4 Å². The number of likely N-dealkylation sites (N-methyl/N-ethyl adjacent to an activating group) is 1. The second-order valence-electron chi connectivity index (χ2n) is 23.2. The van der Waals surface area contributed by atoms with E-state index < -0.39 is 119 Å². The highest BCUT2D eigenvalue weighted by molar-refractivity contribution is 7.99. The molecule has 466 valence electrons. The number of nitrogens with zero attached hydrogens (tertiary/aromatic N) is 3. The number of cyclic esters (lactones) is 1. The van der Waals surface area contributed by atoms with E-state index in [1.165, 1.54) is 27.3 Å². The van der Waals surface area contributed by atoms with E-state index in [1.807, 2.05) is 32.8 Å². The molecule has 18 atom stereocenters. The maximum atomic E-state index is 14.6. The normalized spacial score (nSPS) is 35.7. The number of aromatic nitrogens is 1. The number of rotatable bonds is 23. The summed E-state index contributed by atoms with van der Waals surface area (Å²) in [6, 6.07) is 4.71. The summed E-state index contributed by atoms with van der Waals surface area (Å²) in [5, 5.41) is 66.2. The number of carbonyl (C=O) groups excluding carboxylic acids is 2. The van der Waals surface area contributed by atoms with Gasteiger partial charge in [0.25, 0.3) is 0 Å². The van der Waals surface area contributed by atoms with E-state index in [1.54, 1.807) is 89.9 Å². The fraction of sp³-hybridized carbons (Fsp3) is 0.776. The van der Waals surface area contributed by atoms with Gasteiger partial charge in [0.1, 0.15) is 34.7 Å². The van der Waals surface area contributed by atoms with Crippen molar-refractivity contribution in [3.63, 3.8) is 0 Å². The molecule has 24 heteroatoms. The molecule has 0 bridgehead atoms. The Morgan fingerprint density at radius 1 is 0.939 bits per heavy atom. The summed E-state index contributed by atoms with van der Waals surface area (Å²) in [6.45, 7) is 20.3. The number of carboxylic acid groups (broad SMARTS) is 1. The Morgan fingerprint density at radius 3 is 2.28 bits per heavy atom. The molecular formula is C58H94N4O19S. The predicted octanol–water partition coefficient (Wildman–Crippen LogP) is 4.57. The Morgan fingerprint density at radius 2 is 1.65 bits per heavy atom. The van der Waals surface area contributed by atoms with Crippen molar-refractivity contribution in [1.82, 2.24) is 14.8 Å². The van der Waals surface area contributed by atoms with Gasteiger partial charge < -0.3 is 87.8 Å². The molecule has 0 unspecified atom stereocenters. The van der Waals surface area contributed by atoms with E-state index in [4.69, 9.17) is 47.5 Å². The molecule has 0 saturated carbocycles. The number of esters is 2. The van der Waals surface area contributed by atoms with Crippen molar-refractivity contribution in [3.8, 4) is 5.75 Å². The number of aryl methyl sites for hydroxylation is 1. The number of pyridine rings is 1. The smallest absolute Gasteiger partial charge is 0.341 e. The summed E-state index contributed by atoms with van der Waals surface area (Å²) in [5.74, 6) is -4.33. The number of ether oxygens (including phenoxy) is 9. The molecule has 0 spiro atoms. The number of aliphatic hydroxyl groups is 4. The molecule has 3 saturated heterocycles. The molecule has 6 N–H and O–H groups in total. The zero-order chi connectivity index (χ0) is 61.0. The van der Waals surface area contributed by atoms with Crippen LogP contribution < -0.4 is 15.5 Å². The highest BCUT2D eigenvalue weighted by atomic mass is 32.2. The third-order valence-electron chi connectivity index (χ3n) is 16.5. The van der Waals surface area contributed by atoms with Crippen LogP contribution in [0.5, 0.6) is 5.75 Å². The lowest BCUT2D eigenvalue weighted by molar-refractivity contribution is -0.318. The standard InChI is InChI=1S/C58H94N4O19S/c1-16-43-58(11,71)50(66)34(5)46(60-75-31-72-14)32(3)28-56(9,70)51(81-55-48(65)42(61(12)13)26-33(4)76-55)35(6)49(36(7)54(69)78-43)80-45-29-57(10,73-15)52(37(8)77-45)79-44(63)20-21-59-22-24-82-25-23-74-38-18-19-41-39(27-38)47(64)40(53(67)68)30-62(41)17-2/h18-19,27,30,32-37,42-43,45,48-52,55,59,65-66,70-71H,16-17,20-26,28-29,31H2,1-15H3,(H,67,68)/b60-46+/t32-,33-,34-,35+,36-,37+,42+,43-,45+,48-,49+,50-,51-,52+,55+,56-,57-,58-/m1/s1. The SMILES string of the molecule is CC[C@H]1OC(=O)[C@H](C)[C@@H](O[C@H]2C[C@@](C)(OC)[C@@H](OC(=O)CCNCCSCCOc3ccc4c(c3)c(=O)c(C(=O)O)cn4CC)[C@H](C)O2)[C@H](C)[C@@H](O[C@@H]2O[C@H](C)C[C@H](N(C)C)[C@H]2O)[C@](C)(O)C[C@@H](C)/C(=N\OCOC)[C@@H](C)[C@@H](O)[C@]1(C)O. The van der Waals surface area contributed by atoms with Gasteiger partial charge in [0.15, 0.2) is 18.7 Å². The van der Waals surface area contributed by atoms with Crippen molar-refractivity contribution in [2.24, 2.45) is 28.8 Å². The van der Waals surface area contributed by atoms with Gasteiger partial charge in [-0.2, -0.15) is 11.8 Å². The number of aliphatic hydroxyl groups excluding tert-OH is 2. The molecule has 3 fully saturated rings. The van der Waals surface area contributed by atoms with Crippen molar-refractivity contribution in [2.75, 3.05) is 66.3 Å². The lowest BCUT2D eigenvalue weighted by Gasteiger charge is -2.49. The first-order chi connectivity index (χ1) is 38.6. The number of benzene rings is 1. The van der Waals surface area contributed by atoms with Gasteiger partial charge >= 0.3 is 17.9 Å². The average molecular weight is 1180 g/mol. The number of aromatic carboxylic acids is 1. The average Bonchev–Trinajstić information content (AvgIpc) is 3.22. The first-order valence-electron chi connectivity index (χ1n) is 28.6. The van der Waals surface area contributed by atoms with Gasteiger partial charge in [-0.25, -0.2) is 4.79 Å². The topological polar surface area (TPSA) is 294 Å². The molecule has 0 amide bonds. The van der Waals surface area contributed by atoms with Crippen molar-refractivity contribution >= 4 is 46.3 Å². The maximum absolute atomic E-state index is 14.6. The molecule has 0 aliphatic carbocycles. The summed E-state index contributed by atoms with van der Waals surface area (Å²) >= 11 is 1.63. The summed E-state index contributed by atoms with van der Waals surface area (Å²) in [6.07, 6.45) is -8.74. The molecule has 23 nitrogen and oxygen atoms in total. The molecule has 1 aromatic carbocycles. The van der Waals surface area contributed by atoms with E-state index in [0.29, 0.717) is 55.4 Å². The largest absolute Gasteiger partial charge is 0.493 e. The van der Waals surface area contributed by atoms with Crippen LogP contribution in [0.4, 0.5) is 0 Å². The minimum atomic E-state index is -2.01. The van der Waals surface area contributed by atoms with Crippen molar-refractivity contribution < 1.29 is 87.4 Å². The van der Waals surface area contributed by atoms with Gasteiger partial charge in [0.2, 0.25) is 12.2 Å². The van der Waals surface area contributed by atoms with Crippen LogP contribution in [0.2, 0.25) is 0 Å². The van der Waals surface area contributed by atoms with Crippen LogP contribution in [-0.4, -0.2) is 209 Å². The van der Waals surface area contributed by atoms with Crippen LogP contribution >= 0.6 is 11.8 Å². The molecule has 1 aromatic heterocycles. The Bertz CT molecular complexity index is 2500. The van der Waals surface area contributed by atoms with Crippen LogP contribution in [0.25, 0.3) is 10.9 Å². The molecule has 82 heavy (non-hydrogen) atoms.